The minimum atomic E-state index is -0.825. The first-order chi connectivity index (χ1) is 8.58. The maximum Gasteiger partial charge on any atom is 0.335 e. The lowest BCUT2D eigenvalue weighted by atomic mass is 9.88. The van der Waals surface area contributed by atoms with Gasteiger partial charge >= 0.3 is 5.97 Å². The Kier molecular flexibility index (Phi) is 4.02. The van der Waals surface area contributed by atoms with Crippen molar-refractivity contribution in [2.75, 3.05) is 19.6 Å². The molecule has 1 N–H and O–H groups in total. The number of carbonyl (C=O) groups is 1. The number of benzene rings is 1. The summed E-state index contributed by atoms with van der Waals surface area (Å²) in [6, 6.07) is 7.30. The van der Waals surface area contributed by atoms with Crippen molar-refractivity contribution in [3.63, 3.8) is 0 Å². The van der Waals surface area contributed by atoms with E-state index in [0.717, 1.165) is 43.5 Å². The third-order valence-electron chi connectivity index (χ3n) is 3.87. The summed E-state index contributed by atoms with van der Waals surface area (Å²) in [4.78, 5) is 13.5. The normalized spacial score (nSPS) is 16.8. The van der Waals surface area contributed by atoms with Gasteiger partial charge in [0.15, 0.2) is 0 Å². The molecular weight excluding hydrogens is 226 g/mol. The van der Waals surface area contributed by atoms with Crippen molar-refractivity contribution in [1.29, 1.82) is 0 Å². The van der Waals surface area contributed by atoms with Crippen molar-refractivity contribution in [1.82, 2.24) is 4.90 Å². The van der Waals surface area contributed by atoms with Gasteiger partial charge in [0, 0.05) is 19.6 Å². The Labute approximate surface area is 108 Å². The monoisotopic (exact) mass is 247 g/mol. The maximum absolute atomic E-state index is 11.1. The Bertz CT molecular complexity index is 422. The zero-order valence-electron chi connectivity index (χ0n) is 11.1. The number of hydrogen-bond acceptors (Lipinski definition) is 2. The number of rotatable bonds is 5. The smallest absolute Gasteiger partial charge is 0.335 e. The van der Waals surface area contributed by atoms with Gasteiger partial charge in [-0.05, 0) is 29.9 Å². The summed E-state index contributed by atoms with van der Waals surface area (Å²) in [6.07, 6.45) is 0.827. The van der Waals surface area contributed by atoms with Gasteiger partial charge in [-0.2, -0.15) is 0 Å². The Morgan fingerprint density at radius 1 is 1.39 bits per heavy atom. The predicted octanol–water partition coefficient (Wildman–Crippen LogP) is 2.52. The molecule has 1 fully saturated rings. The van der Waals surface area contributed by atoms with Gasteiger partial charge in [0.1, 0.15) is 0 Å². The van der Waals surface area contributed by atoms with E-state index in [2.05, 4.69) is 18.7 Å². The third kappa shape index (κ3) is 2.91. The second kappa shape index (κ2) is 5.53. The lowest BCUT2D eigenvalue weighted by Crippen LogP contribution is -2.49. The number of carboxylic acid groups (broad SMARTS) is 1. The van der Waals surface area contributed by atoms with E-state index in [9.17, 15) is 4.79 Å². The number of hydrogen-bond donors (Lipinski definition) is 1. The van der Waals surface area contributed by atoms with Crippen LogP contribution in [0.5, 0.6) is 0 Å². The van der Waals surface area contributed by atoms with Crippen LogP contribution < -0.4 is 0 Å². The Balaban J connectivity index is 1.86. The van der Waals surface area contributed by atoms with Crippen LogP contribution in [0.3, 0.4) is 0 Å². The van der Waals surface area contributed by atoms with Crippen molar-refractivity contribution in [3.8, 4) is 0 Å². The number of nitrogens with zero attached hydrogens (tertiary/aromatic N) is 1. The molecule has 0 spiro atoms. The molecule has 1 aromatic rings. The molecule has 1 saturated heterocycles. The standard InChI is InChI=1S/C15H21NO2/c1-11(2)13-9-16(10-13)8-7-12-5-3-4-6-14(12)15(17)18/h3-6,11,13H,7-10H2,1-2H3,(H,17,18). The molecule has 3 heteroatoms. The average Bonchev–Trinajstić information content (AvgIpc) is 2.26. The summed E-state index contributed by atoms with van der Waals surface area (Å²) in [5.74, 6) is 0.751. The molecule has 0 bridgehead atoms. The molecule has 1 aromatic carbocycles. The molecule has 1 aliphatic rings. The van der Waals surface area contributed by atoms with Crippen molar-refractivity contribution in [2.45, 2.75) is 20.3 Å². The zero-order valence-corrected chi connectivity index (χ0v) is 11.1. The van der Waals surface area contributed by atoms with Crippen LogP contribution in [0.25, 0.3) is 0 Å². The van der Waals surface area contributed by atoms with Gasteiger partial charge in [-0.1, -0.05) is 32.0 Å². The number of likely N-dealkylation sites (tertiary alicyclic amines) is 1. The van der Waals surface area contributed by atoms with E-state index in [4.69, 9.17) is 5.11 Å². The summed E-state index contributed by atoms with van der Waals surface area (Å²) in [5.41, 5.74) is 1.39. The molecule has 0 amide bonds. The molecule has 98 valence electrons. The van der Waals surface area contributed by atoms with E-state index in [1.165, 1.54) is 0 Å². The van der Waals surface area contributed by atoms with E-state index >= 15 is 0 Å². The van der Waals surface area contributed by atoms with Crippen LogP contribution in [-0.4, -0.2) is 35.6 Å². The zero-order chi connectivity index (χ0) is 13.1. The van der Waals surface area contributed by atoms with Crippen LogP contribution in [0.1, 0.15) is 29.8 Å². The third-order valence-corrected chi connectivity index (χ3v) is 3.87. The highest BCUT2D eigenvalue weighted by Crippen LogP contribution is 2.23. The fourth-order valence-corrected chi connectivity index (χ4v) is 2.44. The SMILES string of the molecule is CC(C)C1CN(CCc2ccccc2C(=O)O)C1. The van der Waals surface area contributed by atoms with Gasteiger partial charge in [-0.3, -0.25) is 0 Å². The minimum Gasteiger partial charge on any atom is -0.478 e. The fourth-order valence-electron chi connectivity index (χ4n) is 2.44. The number of aromatic carboxylic acids is 1. The van der Waals surface area contributed by atoms with Gasteiger partial charge in [-0.15, -0.1) is 0 Å². The molecule has 3 nitrogen and oxygen atoms in total. The summed E-state index contributed by atoms with van der Waals surface area (Å²) >= 11 is 0. The molecule has 1 heterocycles. The van der Waals surface area contributed by atoms with Crippen LogP contribution >= 0.6 is 0 Å². The lowest BCUT2D eigenvalue weighted by molar-refractivity contribution is 0.0677. The van der Waals surface area contributed by atoms with Gasteiger partial charge in [0.25, 0.3) is 0 Å². The Hall–Kier alpha value is -1.35. The number of carboxylic acids is 1. The van der Waals surface area contributed by atoms with Crippen molar-refractivity contribution >= 4 is 5.97 Å². The Morgan fingerprint density at radius 3 is 2.67 bits per heavy atom. The first-order valence-corrected chi connectivity index (χ1v) is 6.61. The van der Waals surface area contributed by atoms with E-state index in [-0.39, 0.29) is 0 Å². The average molecular weight is 247 g/mol. The highest BCUT2D eigenvalue weighted by molar-refractivity contribution is 5.89. The molecule has 1 aliphatic heterocycles. The maximum atomic E-state index is 11.1. The topological polar surface area (TPSA) is 40.5 Å². The van der Waals surface area contributed by atoms with Crippen LogP contribution in [0, 0.1) is 11.8 Å². The minimum absolute atomic E-state index is 0.443. The Morgan fingerprint density at radius 2 is 2.06 bits per heavy atom. The lowest BCUT2D eigenvalue weighted by Gasteiger charge is -2.41. The van der Waals surface area contributed by atoms with Crippen LogP contribution in [0.2, 0.25) is 0 Å². The summed E-state index contributed by atoms with van der Waals surface area (Å²) < 4.78 is 0. The largest absolute Gasteiger partial charge is 0.478 e. The molecule has 0 saturated carbocycles. The van der Waals surface area contributed by atoms with Crippen molar-refractivity contribution in [3.05, 3.63) is 35.4 Å². The van der Waals surface area contributed by atoms with Gasteiger partial charge in [0.2, 0.25) is 0 Å². The van der Waals surface area contributed by atoms with E-state index in [1.807, 2.05) is 12.1 Å². The summed E-state index contributed by atoms with van der Waals surface area (Å²) in [5, 5.41) is 9.10. The second-order valence-electron chi connectivity index (χ2n) is 5.48. The van der Waals surface area contributed by atoms with E-state index in [0.29, 0.717) is 5.56 Å². The van der Waals surface area contributed by atoms with Crippen LogP contribution in [-0.2, 0) is 6.42 Å². The van der Waals surface area contributed by atoms with Gasteiger partial charge in [0.05, 0.1) is 5.56 Å². The second-order valence-corrected chi connectivity index (χ2v) is 5.48. The van der Waals surface area contributed by atoms with Crippen molar-refractivity contribution < 1.29 is 9.90 Å². The first kappa shape index (κ1) is 13.1. The highest BCUT2D eigenvalue weighted by Gasteiger charge is 2.28. The van der Waals surface area contributed by atoms with Crippen LogP contribution in [0.4, 0.5) is 0 Å². The fraction of sp³-hybridized carbons (Fsp3) is 0.533. The highest BCUT2D eigenvalue weighted by atomic mass is 16.4. The van der Waals surface area contributed by atoms with E-state index in [1.54, 1.807) is 12.1 Å². The molecule has 0 radical (unpaired) electrons. The van der Waals surface area contributed by atoms with E-state index < -0.39 is 5.97 Å². The molecule has 0 atom stereocenters. The van der Waals surface area contributed by atoms with Crippen LogP contribution in [0.15, 0.2) is 24.3 Å². The summed E-state index contributed by atoms with van der Waals surface area (Å²) in [6.45, 7) is 7.82. The molecule has 18 heavy (non-hydrogen) atoms. The van der Waals surface area contributed by atoms with Gasteiger partial charge in [-0.25, -0.2) is 4.79 Å². The van der Waals surface area contributed by atoms with Crippen molar-refractivity contribution in [2.24, 2.45) is 11.8 Å². The molecule has 2 rings (SSSR count). The quantitative estimate of drug-likeness (QED) is 0.869. The van der Waals surface area contributed by atoms with Gasteiger partial charge < -0.3 is 10.0 Å². The first-order valence-electron chi connectivity index (χ1n) is 6.61. The summed E-state index contributed by atoms with van der Waals surface area (Å²) in [7, 11) is 0. The molecule has 0 aromatic heterocycles. The molecule has 0 unspecified atom stereocenters. The molecular formula is C15H21NO2. The predicted molar refractivity (Wildman–Crippen MR) is 71.9 cm³/mol. The molecule has 0 aliphatic carbocycles.